The number of carbonyl (C=O) groups excluding carboxylic acids is 2. The van der Waals surface area contributed by atoms with Crippen LogP contribution < -0.4 is 18.5 Å². The maximum atomic E-state index is 13.8. The maximum Gasteiger partial charge on any atom is 0.326 e. The first-order valence-corrected chi connectivity index (χ1v) is 28.5. The van der Waals surface area contributed by atoms with Crippen LogP contribution in [0.1, 0.15) is 47.2 Å². The molecule has 0 spiro atoms. The van der Waals surface area contributed by atoms with Crippen molar-refractivity contribution in [3.8, 4) is 11.5 Å². The number of halogens is 1. The molecule has 0 amide bonds. The summed E-state index contributed by atoms with van der Waals surface area (Å²) in [6.45, 7) is 7.52. The Bertz CT molecular complexity index is 3390. The van der Waals surface area contributed by atoms with Gasteiger partial charge in [0.05, 0.1) is 48.6 Å². The first-order chi connectivity index (χ1) is 36.1. The van der Waals surface area contributed by atoms with Crippen molar-refractivity contribution in [3.63, 3.8) is 0 Å². The smallest absolute Gasteiger partial charge is 0.326 e. The molecule has 0 atom stereocenters. The number of esters is 2. The number of carbonyl (C=O) groups is 2. The van der Waals surface area contributed by atoms with E-state index in [0.717, 1.165) is 79.7 Å². The van der Waals surface area contributed by atoms with Gasteiger partial charge in [0.25, 0.3) is 20.0 Å². The number of anilines is 2. The Balaban J connectivity index is 0.000000219. The monoisotopic (exact) mass is 1110 g/mol. The molecule has 0 fully saturated rings. The van der Waals surface area contributed by atoms with Crippen molar-refractivity contribution in [3.05, 3.63) is 203 Å². The van der Waals surface area contributed by atoms with Gasteiger partial charge in [0.1, 0.15) is 23.4 Å². The molecule has 0 heterocycles. The van der Waals surface area contributed by atoms with E-state index < -0.39 is 32.6 Å². The molecule has 0 aliphatic heterocycles. The molecule has 8 aromatic rings. The van der Waals surface area contributed by atoms with E-state index >= 15 is 0 Å². The number of methoxy groups -OCH3 is 2. The first kappa shape index (κ1) is 57.1. The highest BCUT2D eigenvalue weighted by atomic mass is 79.9. The topological polar surface area (TPSA) is 155 Å². The zero-order valence-corrected chi connectivity index (χ0v) is 46.3. The molecule has 0 radical (unpaired) electrons. The molecule has 8 rings (SSSR count). The van der Waals surface area contributed by atoms with Crippen LogP contribution in [0.5, 0.6) is 11.5 Å². The highest BCUT2D eigenvalue weighted by Gasteiger charge is 2.29. The van der Waals surface area contributed by atoms with Crippen LogP contribution >= 0.6 is 15.9 Å². The number of nitrogens with zero attached hydrogens (tertiary/aromatic N) is 1. The van der Waals surface area contributed by atoms with Gasteiger partial charge in [-0.1, -0.05) is 136 Å². The van der Waals surface area contributed by atoms with Crippen LogP contribution in [-0.4, -0.2) is 68.1 Å². The summed E-state index contributed by atoms with van der Waals surface area (Å²) in [5.41, 5.74) is 7.69. The number of fused-ring (bicyclic) bond motifs is 2. The lowest BCUT2D eigenvalue weighted by Crippen LogP contribution is -2.36. The van der Waals surface area contributed by atoms with Crippen LogP contribution in [0.15, 0.2) is 180 Å². The van der Waals surface area contributed by atoms with Crippen molar-refractivity contribution < 1.29 is 45.4 Å². The fraction of sp³-hybridized carbons (Fsp3) is 0.233. The third-order valence-corrected chi connectivity index (χ3v) is 15.7. The number of rotatable bonds is 19. The molecule has 75 heavy (non-hydrogen) atoms. The second kappa shape index (κ2) is 27.4. The van der Waals surface area contributed by atoms with Gasteiger partial charge in [0.15, 0.2) is 0 Å². The van der Waals surface area contributed by atoms with E-state index in [-0.39, 0.29) is 22.4 Å². The third-order valence-electron chi connectivity index (χ3n) is 12.1. The summed E-state index contributed by atoms with van der Waals surface area (Å²) in [5, 5.41) is 3.95. The quantitative estimate of drug-likeness (QED) is 0.0611. The van der Waals surface area contributed by atoms with E-state index in [0.29, 0.717) is 23.3 Å². The Morgan fingerprint density at radius 1 is 0.507 bits per heavy atom. The summed E-state index contributed by atoms with van der Waals surface area (Å²) in [6, 6.07) is 52.8. The number of alkyl halides is 1. The molecule has 8 aromatic carbocycles. The fourth-order valence-corrected chi connectivity index (χ4v) is 10.8. The van der Waals surface area contributed by atoms with Gasteiger partial charge in [-0.2, -0.15) is 0 Å². The van der Waals surface area contributed by atoms with E-state index in [1.807, 2.05) is 117 Å². The highest BCUT2D eigenvalue weighted by molar-refractivity contribution is 9.09. The van der Waals surface area contributed by atoms with Crippen molar-refractivity contribution in [2.24, 2.45) is 0 Å². The minimum atomic E-state index is -4.03. The van der Waals surface area contributed by atoms with Crippen LogP contribution in [0.2, 0.25) is 0 Å². The number of nitrogens with one attached hydrogen (secondary N) is 1. The molecule has 12 nitrogen and oxygen atoms in total. The Hall–Kier alpha value is -7.20. The minimum absolute atomic E-state index is 0.120. The van der Waals surface area contributed by atoms with Crippen LogP contribution in [0.25, 0.3) is 21.5 Å². The van der Waals surface area contributed by atoms with Gasteiger partial charge in [-0.25, -0.2) is 16.8 Å². The number of hydrogen-bond acceptors (Lipinski definition) is 10. The first-order valence-electron chi connectivity index (χ1n) is 24.4. The average Bonchev–Trinajstić information content (AvgIpc) is 3.43. The Labute approximate surface area is 449 Å². The van der Waals surface area contributed by atoms with E-state index in [1.54, 1.807) is 82.7 Å². The molecule has 0 aromatic heterocycles. The molecule has 0 saturated heterocycles. The third kappa shape index (κ3) is 15.7. The van der Waals surface area contributed by atoms with Gasteiger partial charge < -0.3 is 18.9 Å². The van der Waals surface area contributed by atoms with Gasteiger partial charge in [0.2, 0.25) is 0 Å². The number of benzene rings is 8. The normalized spacial score (nSPS) is 11.1. The number of sulfonamides is 2. The van der Waals surface area contributed by atoms with E-state index in [9.17, 15) is 26.4 Å². The van der Waals surface area contributed by atoms with Crippen LogP contribution in [0.3, 0.4) is 0 Å². The molecule has 392 valence electrons. The minimum Gasteiger partial charge on any atom is -0.497 e. The van der Waals surface area contributed by atoms with Gasteiger partial charge in [-0.05, 0) is 147 Å². The second-order valence-electron chi connectivity index (χ2n) is 17.3. The molecule has 0 aliphatic rings. The number of hydrogen-bond donors (Lipinski definition) is 1. The van der Waals surface area contributed by atoms with Crippen molar-refractivity contribution in [1.82, 2.24) is 0 Å². The maximum absolute atomic E-state index is 13.8. The summed E-state index contributed by atoms with van der Waals surface area (Å²) < 4.78 is 77.4. The van der Waals surface area contributed by atoms with Crippen molar-refractivity contribution >= 4 is 80.8 Å². The molecule has 0 bridgehead atoms. The number of aryl methyl sites for hydroxylation is 6. The zero-order chi connectivity index (χ0) is 54.0. The van der Waals surface area contributed by atoms with Gasteiger partial charge in [-0.15, -0.1) is 0 Å². The van der Waals surface area contributed by atoms with Crippen LogP contribution in [-0.2, 0) is 64.8 Å². The molecule has 0 unspecified atom stereocenters. The molecular formula is C60H63BrN2O10S2. The molecule has 0 aliphatic carbocycles. The lowest BCUT2D eigenvalue weighted by molar-refractivity contribution is -0.141. The van der Waals surface area contributed by atoms with Gasteiger partial charge in [-0.3, -0.25) is 18.6 Å². The SMILES string of the molecule is CCOC(=O)CBr.CCOC(=O)CN(c1ccc(CCc2ccc(OC)cc2)c2ccccc12)S(=O)(=O)c1ccc(C)cc1.COc1ccc(CCc2ccc(NS(=O)(=O)c3ccc(C)cc3)c3ccccc23)cc1. The molecule has 1 N–H and O–H groups in total. The van der Waals surface area contributed by atoms with Crippen molar-refractivity contribution in [2.45, 2.75) is 63.2 Å². The lowest BCUT2D eigenvalue weighted by Gasteiger charge is -2.26. The zero-order valence-electron chi connectivity index (χ0n) is 43.0. The summed E-state index contributed by atoms with van der Waals surface area (Å²) in [4.78, 5) is 23.0. The summed E-state index contributed by atoms with van der Waals surface area (Å²) in [5.74, 6) is 0.850. The van der Waals surface area contributed by atoms with Crippen LogP contribution in [0, 0.1) is 13.8 Å². The standard InChI is InChI=1S/C30H31NO5S.C26H25NO3S.C4H7BrO2/c1-4-36-30(32)21-31(37(33,34)26-18-9-22(2)10-19-26)29-20-15-24(27-7-5-6-8-28(27)29)14-11-23-12-16-25(35-3)17-13-23;1-19-7-16-23(17-8-19)31(28,29)27-26-18-13-21(24-5-3-4-6-25(24)26)12-9-20-10-14-22(30-2)15-11-20;1-2-7-4(6)3-5/h5-10,12-13,15-20H,4,11,14,21H2,1-3H3;3-8,10-11,13-18,27H,9,12H2,1-2H3;2-3H2,1H3. The lowest BCUT2D eigenvalue weighted by atomic mass is 9.97. The van der Waals surface area contributed by atoms with E-state index in [2.05, 4.69) is 37.5 Å². The fourth-order valence-electron chi connectivity index (χ4n) is 8.17. The summed E-state index contributed by atoms with van der Waals surface area (Å²) in [7, 11) is -4.38. The van der Waals surface area contributed by atoms with Gasteiger partial charge >= 0.3 is 11.9 Å². The molecule has 0 saturated carbocycles. The van der Waals surface area contributed by atoms with Crippen LogP contribution in [0.4, 0.5) is 11.4 Å². The number of ether oxygens (including phenoxy) is 4. The molecular weight excluding hydrogens is 1050 g/mol. The largest absolute Gasteiger partial charge is 0.497 e. The predicted octanol–water partition coefficient (Wildman–Crippen LogP) is 12.4. The van der Waals surface area contributed by atoms with E-state index in [4.69, 9.17) is 14.2 Å². The highest BCUT2D eigenvalue weighted by Crippen LogP contribution is 2.35. The van der Waals surface area contributed by atoms with Gasteiger partial charge in [0, 0.05) is 10.8 Å². The summed E-state index contributed by atoms with van der Waals surface area (Å²) in [6.07, 6.45) is 3.34. The van der Waals surface area contributed by atoms with Crippen molar-refractivity contribution in [2.75, 3.05) is 48.3 Å². The Morgan fingerprint density at radius 2 is 0.947 bits per heavy atom. The Kier molecular flexibility index (Phi) is 20.8. The predicted molar refractivity (Wildman–Crippen MR) is 303 cm³/mol. The second-order valence-corrected chi connectivity index (χ2v) is 21.4. The van der Waals surface area contributed by atoms with Crippen molar-refractivity contribution in [1.29, 1.82) is 0 Å². The summed E-state index contributed by atoms with van der Waals surface area (Å²) >= 11 is 2.94. The van der Waals surface area contributed by atoms with E-state index in [1.165, 1.54) is 16.7 Å². The molecule has 15 heteroatoms. The average molecular weight is 1120 g/mol. The Morgan fingerprint density at radius 3 is 1.41 bits per heavy atom.